The molecule has 1 aromatic rings. The Bertz CT molecular complexity index is 517. The summed E-state index contributed by atoms with van der Waals surface area (Å²) >= 11 is 3.27. The van der Waals surface area contributed by atoms with Gasteiger partial charge in [-0.3, -0.25) is 4.79 Å². The second-order valence-corrected chi connectivity index (χ2v) is 5.75. The van der Waals surface area contributed by atoms with Crippen molar-refractivity contribution in [3.8, 4) is 5.75 Å². The van der Waals surface area contributed by atoms with Crippen molar-refractivity contribution in [2.75, 3.05) is 19.8 Å². The molecule has 0 aliphatic carbocycles. The molecule has 1 fully saturated rings. The van der Waals surface area contributed by atoms with E-state index in [2.05, 4.69) is 31.3 Å². The molecule has 1 aliphatic heterocycles. The number of ether oxygens (including phenoxy) is 2. The largest absolute Gasteiger partial charge is 0.434 e. The van der Waals surface area contributed by atoms with E-state index in [0.717, 1.165) is 11.0 Å². The number of morpholine rings is 1. The third-order valence-electron chi connectivity index (χ3n) is 3.14. The van der Waals surface area contributed by atoms with Crippen LogP contribution in [0.1, 0.15) is 12.0 Å². The Morgan fingerprint density at radius 3 is 2.96 bits per heavy atom. The van der Waals surface area contributed by atoms with E-state index in [1.54, 1.807) is 12.1 Å². The summed E-state index contributed by atoms with van der Waals surface area (Å²) < 4.78 is 35.2. The molecular formula is C14H18BrClF2N2O3. The number of hydrogen-bond acceptors (Lipinski definition) is 4. The van der Waals surface area contributed by atoms with Crippen molar-refractivity contribution in [3.05, 3.63) is 28.2 Å². The van der Waals surface area contributed by atoms with E-state index in [4.69, 9.17) is 4.74 Å². The van der Waals surface area contributed by atoms with Crippen molar-refractivity contribution in [3.63, 3.8) is 0 Å². The predicted molar refractivity (Wildman–Crippen MR) is 87.1 cm³/mol. The lowest BCUT2D eigenvalue weighted by Gasteiger charge is -2.23. The Kier molecular flexibility index (Phi) is 8.75. The normalized spacial score (nSPS) is 17.5. The zero-order chi connectivity index (χ0) is 15.9. The van der Waals surface area contributed by atoms with Gasteiger partial charge in [-0.05, 0) is 18.2 Å². The first-order chi connectivity index (χ1) is 10.5. The summed E-state index contributed by atoms with van der Waals surface area (Å²) in [5.74, 6) is -0.122. The molecule has 1 aliphatic rings. The van der Waals surface area contributed by atoms with Gasteiger partial charge in [0.1, 0.15) is 5.75 Å². The lowest BCUT2D eigenvalue weighted by atomic mass is 10.1. The molecule has 0 saturated carbocycles. The van der Waals surface area contributed by atoms with Gasteiger partial charge in [0.2, 0.25) is 5.91 Å². The molecule has 5 nitrogen and oxygen atoms in total. The minimum absolute atomic E-state index is 0. The monoisotopic (exact) mass is 414 g/mol. The summed E-state index contributed by atoms with van der Waals surface area (Å²) in [6.07, 6.45) is 0.277. The molecule has 1 unspecified atom stereocenters. The lowest BCUT2D eigenvalue weighted by Crippen LogP contribution is -2.44. The number of amides is 1. The summed E-state index contributed by atoms with van der Waals surface area (Å²) in [7, 11) is 0. The van der Waals surface area contributed by atoms with E-state index < -0.39 is 6.61 Å². The Labute approximate surface area is 147 Å². The van der Waals surface area contributed by atoms with Gasteiger partial charge >= 0.3 is 6.61 Å². The van der Waals surface area contributed by atoms with E-state index in [9.17, 15) is 13.6 Å². The van der Waals surface area contributed by atoms with Gasteiger partial charge in [0, 0.05) is 35.6 Å². The molecule has 2 rings (SSSR count). The van der Waals surface area contributed by atoms with Gasteiger partial charge in [-0.25, -0.2) is 0 Å². The maximum Gasteiger partial charge on any atom is 0.387 e. The van der Waals surface area contributed by atoms with E-state index in [1.807, 2.05) is 0 Å². The molecule has 130 valence electrons. The molecule has 1 heterocycles. The molecule has 0 bridgehead atoms. The Morgan fingerprint density at radius 1 is 1.52 bits per heavy atom. The number of halogens is 4. The van der Waals surface area contributed by atoms with Crippen molar-refractivity contribution < 1.29 is 23.0 Å². The van der Waals surface area contributed by atoms with E-state index in [0.29, 0.717) is 18.8 Å². The maximum absolute atomic E-state index is 12.4. The van der Waals surface area contributed by atoms with Crippen LogP contribution in [0.15, 0.2) is 22.7 Å². The average Bonchev–Trinajstić information content (AvgIpc) is 2.48. The summed E-state index contributed by atoms with van der Waals surface area (Å²) in [5, 5.41) is 5.88. The van der Waals surface area contributed by atoms with Gasteiger partial charge in [-0.1, -0.05) is 15.9 Å². The molecule has 1 aromatic carbocycles. The van der Waals surface area contributed by atoms with Crippen molar-refractivity contribution in [1.29, 1.82) is 0 Å². The Balaban J connectivity index is 0.00000264. The van der Waals surface area contributed by atoms with Crippen LogP contribution in [0.5, 0.6) is 5.75 Å². The summed E-state index contributed by atoms with van der Waals surface area (Å²) in [5.41, 5.74) is 0.482. The number of carbonyl (C=O) groups is 1. The van der Waals surface area contributed by atoms with Crippen molar-refractivity contribution in [2.24, 2.45) is 0 Å². The molecule has 2 N–H and O–H groups in total. The van der Waals surface area contributed by atoms with Crippen LogP contribution in [0.4, 0.5) is 8.78 Å². The third-order valence-corrected chi connectivity index (χ3v) is 3.64. The smallest absolute Gasteiger partial charge is 0.387 e. The molecule has 0 radical (unpaired) electrons. The van der Waals surface area contributed by atoms with Crippen LogP contribution in [-0.4, -0.2) is 38.3 Å². The minimum atomic E-state index is -2.90. The van der Waals surface area contributed by atoms with Crippen molar-refractivity contribution in [1.82, 2.24) is 10.6 Å². The van der Waals surface area contributed by atoms with Crippen LogP contribution >= 0.6 is 28.3 Å². The fraction of sp³-hybridized carbons (Fsp3) is 0.500. The van der Waals surface area contributed by atoms with Gasteiger partial charge in [0.05, 0.1) is 13.2 Å². The molecule has 0 aromatic heterocycles. The Morgan fingerprint density at radius 2 is 2.30 bits per heavy atom. The van der Waals surface area contributed by atoms with Crippen LogP contribution < -0.4 is 15.4 Å². The van der Waals surface area contributed by atoms with Gasteiger partial charge < -0.3 is 20.1 Å². The summed E-state index contributed by atoms with van der Waals surface area (Å²) in [6, 6.07) is 4.66. The second-order valence-electron chi connectivity index (χ2n) is 4.84. The molecule has 9 heteroatoms. The molecular weight excluding hydrogens is 398 g/mol. The van der Waals surface area contributed by atoms with E-state index in [-0.39, 0.29) is 43.1 Å². The fourth-order valence-corrected chi connectivity index (χ4v) is 2.55. The average molecular weight is 416 g/mol. The highest BCUT2D eigenvalue weighted by atomic mass is 79.9. The standard InChI is InChI=1S/C14H17BrF2N2O3.ClH/c15-10-1-2-12(22-14(16)17)9(5-10)7-19-13(20)6-11-8-21-4-3-18-11;/h1-2,5,11,14,18H,3-4,6-8H2,(H,19,20);1H. The first-order valence-electron chi connectivity index (χ1n) is 6.85. The zero-order valence-corrected chi connectivity index (χ0v) is 14.6. The van der Waals surface area contributed by atoms with E-state index in [1.165, 1.54) is 6.07 Å². The van der Waals surface area contributed by atoms with Crippen LogP contribution in [0.3, 0.4) is 0 Å². The predicted octanol–water partition coefficient (Wildman–Crippen LogP) is 2.47. The highest BCUT2D eigenvalue weighted by molar-refractivity contribution is 9.10. The topological polar surface area (TPSA) is 59.6 Å². The van der Waals surface area contributed by atoms with E-state index >= 15 is 0 Å². The zero-order valence-electron chi connectivity index (χ0n) is 12.2. The Hall–Kier alpha value is -0.960. The maximum atomic E-state index is 12.4. The molecule has 1 amide bonds. The highest BCUT2D eigenvalue weighted by Gasteiger charge is 2.17. The van der Waals surface area contributed by atoms with Gasteiger partial charge in [0.25, 0.3) is 0 Å². The summed E-state index contributed by atoms with van der Waals surface area (Å²) in [6.45, 7) is -0.933. The molecule has 1 saturated heterocycles. The number of rotatable bonds is 6. The van der Waals surface area contributed by atoms with Gasteiger partial charge in [0.15, 0.2) is 0 Å². The first kappa shape index (κ1) is 20.1. The lowest BCUT2D eigenvalue weighted by molar-refractivity contribution is -0.122. The van der Waals surface area contributed by atoms with Crippen LogP contribution in [-0.2, 0) is 16.1 Å². The first-order valence-corrected chi connectivity index (χ1v) is 7.65. The fourth-order valence-electron chi connectivity index (χ4n) is 2.14. The summed E-state index contributed by atoms with van der Waals surface area (Å²) in [4.78, 5) is 11.9. The second kappa shape index (κ2) is 10.0. The van der Waals surface area contributed by atoms with Crippen molar-refractivity contribution in [2.45, 2.75) is 25.6 Å². The number of carbonyl (C=O) groups excluding carboxylic acids is 1. The number of alkyl halides is 2. The SMILES string of the molecule is Cl.O=C(CC1COCCN1)NCc1cc(Br)ccc1OC(F)F. The molecule has 1 atom stereocenters. The highest BCUT2D eigenvalue weighted by Crippen LogP contribution is 2.24. The van der Waals surface area contributed by atoms with Gasteiger partial charge in [-0.2, -0.15) is 8.78 Å². The van der Waals surface area contributed by atoms with Crippen molar-refractivity contribution >= 4 is 34.2 Å². The number of benzene rings is 1. The number of hydrogen-bond donors (Lipinski definition) is 2. The van der Waals surface area contributed by atoms with Gasteiger partial charge in [-0.15, -0.1) is 12.4 Å². The van der Waals surface area contributed by atoms with Crippen LogP contribution in [0, 0.1) is 0 Å². The number of nitrogens with one attached hydrogen (secondary N) is 2. The van der Waals surface area contributed by atoms with Crippen LogP contribution in [0.25, 0.3) is 0 Å². The quantitative estimate of drug-likeness (QED) is 0.749. The third kappa shape index (κ3) is 6.99. The molecule has 0 spiro atoms. The van der Waals surface area contributed by atoms with Crippen LogP contribution in [0.2, 0.25) is 0 Å². The minimum Gasteiger partial charge on any atom is -0.434 e. The molecule has 23 heavy (non-hydrogen) atoms.